The van der Waals surface area contributed by atoms with Crippen LogP contribution in [0.5, 0.6) is 11.5 Å². The van der Waals surface area contributed by atoms with Crippen LogP contribution in [0.4, 0.5) is 0 Å². The molecule has 150 valence electrons. The summed E-state index contributed by atoms with van der Waals surface area (Å²) in [4.78, 5) is 12.2. The van der Waals surface area contributed by atoms with Crippen LogP contribution in [0.2, 0.25) is 0 Å². The highest BCUT2D eigenvalue weighted by Gasteiger charge is 2.13. The molecule has 0 fully saturated rings. The number of hydrogen-bond donors (Lipinski definition) is 1. The van der Waals surface area contributed by atoms with Crippen LogP contribution in [0.15, 0.2) is 35.4 Å². The van der Waals surface area contributed by atoms with Crippen molar-refractivity contribution < 1.29 is 14.3 Å². The maximum Gasteiger partial charge on any atom is 0.244 e. The first-order valence-corrected chi connectivity index (χ1v) is 10.4. The second kappa shape index (κ2) is 10.5. The molecule has 0 heterocycles. The summed E-state index contributed by atoms with van der Waals surface area (Å²) in [5.41, 5.74) is 6.72. The van der Waals surface area contributed by atoms with E-state index in [0.29, 0.717) is 18.8 Å². The average molecular weight is 494 g/mol. The topological polar surface area (TPSA) is 59.9 Å². The summed E-state index contributed by atoms with van der Waals surface area (Å²) in [5, 5.41) is 4.09. The van der Waals surface area contributed by atoms with Gasteiger partial charge in [-0.2, -0.15) is 5.10 Å². The van der Waals surface area contributed by atoms with Crippen molar-refractivity contribution in [3.05, 3.63) is 56.2 Å². The van der Waals surface area contributed by atoms with E-state index < -0.39 is 0 Å². The van der Waals surface area contributed by atoms with Gasteiger partial charge in [-0.15, -0.1) is 0 Å². The summed E-state index contributed by atoms with van der Waals surface area (Å²) < 4.78 is 12.5. The lowest BCUT2D eigenvalue weighted by atomic mass is 10.0. The zero-order valence-electron chi connectivity index (χ0n) is 17.0. The number of aryl methyl sites for hydroxylation is 2. The predicted octanol–water partition coefficient (Wildman–Crippen LogP) is 4.79. The third-order valence-electron chi connectivity index (χ3n) is 3.94. The van der Waals surface area contributed by atoms with Crippen LogP contribution in [-0.4, -0.2) is 24.8 Å². The van der Waals surface area contributed by atoms with E-state index in [9.17, 15) is 4.79 Å². The fourth-order valence-electron chi connectivity index (χ4n) is 2.71. The number of carbonyl (C=O) groups excluding carboxylic acids is 1. The molecule has 0 aliphatic carbocycles. The van der Waals surface area contributed by atoms with Gasteiger partial charge in [-0.1, -0.05) is 23.8 Å². The predicted molar refractivity (Wildman–Crippen MR) is 121 cm³/mol. The molecule has 0 atom stereocenters. The number of benzene rings is 2. The Balaban J connectivity index is 2.07. The van der Waals surface area contributed by atoms with Crippen molar-refractivity contribution in [3.63, 3.8) is 0 Å². The van der Waals surface area contributed by atoms with Crippen molar-refractivity contribution in [1.82, 2.24) is 5.43 Å². The molecule has 2 aromatic carbocycles. The van der Waals surface area contributed by atoms with Gasteiger partial charge in [-0.25, -0.2) is 5.43 Å². The van der Waals surface area contributed by atoms with Crippen LogP contribution >= 0.6 is 22.6 Å². The van der Waals surface area contributed by atoms with E-state index in [-0.39, 0.29) is 12.0 Å². The van der Waals surface area contributed by atoms with E-state index in [2.05, 4.69) is 39.2 Å². The van der Waals surface area contributed by atoms with E-state index in [1.54, 1.807) is 6.21 Å². The molecule has 2 aromatic rings. The second-order valence-corrected chi connectivity index (χ2v) is 7.99. The molecular weight excluding hydrogens is 467 g/mol. The third-order valence-corrected chi connectivity index (χ3v) is 4.74. The first-order chi connectivity index (χ1) is 13.3. The summed E-state index contributed by atoms with van der Waals surface area (Å²) in [6.45, 7) is 10.5. The van der Waals surface area contributed by atoms with Gasteiger partial charge in [0.05, 0.1) is 28.9 Å². The smallest absolute Gasteiger partial charge is 0.244 e. The zero-order valence-corrected chi connectivity index (χ0v) is 19.2. The standard InChI is InChI=1S/C22H27IN2O3/c1-6-27-20-11-17(10-19(23)22(20)28-14(2)3)13-24-25-21(26)12-18-8-7-15(4)9-16(18)5/h7-11,13-14H,6,12H2,1-5H3,(H,25,26)/b24-13-. The number of hydrazone groups is 1. The van der Waals surface area contributed by atoms with Gasteiger partial charge in [0.25, 0.3) is 0 Å². The summed E-state index contributed by atoms with van der Waals surface area (Å²) in [7, 11) is 0. The average Bonchev–Trinajstić information content (AvgIpc) is 2.60. The van der Waals surface area contributed by atoms with Crippen LogP contribution in [0.25, 0.3) is 0 Å². The van der Waals surface area contributed by atoms with Gasteiger partial charge in [0.15, 0.2) is 11.5 Å². The Morgan fingerprint density at radius 2 is 2.00 bits per heavy atom. The number of rotatable bonds is 8. The van der Waals surface area contributed by atoms with E-state index in [1.807, 2.05) is 58.9 Å². The van der Waals surface area contributed by atoms with Crippen molar-refractivity contribution in [1.29, 1.82) is 0 Å². The molecule has 6 heteroatoms. The Morgan fingerprint density at radius 1 is 1.25 bits per heavy atom. The Kier molecular flexibility index (Phi) is 8.29. The number of amides is 1. The Labute approximate surface area is 180 Å². The van der Waals surface area contributed by atoms with Crippen LogP contribution < -0.4 is 14.9 Å². The molecule has 0 spiro atoms. The number of hydrogen-bond acceptors (Lipinski definition) is 4. The second-order valence-electron chi connectivity index (χ2n) is 6.83. The molecule has 0 saturated heterocycles. The lowest BCUT2D eigenvalue weighted by molar-refractivity contribution is -0.120. The monoisotopic (exact) mass is 494 g/mol. The Morgan fingerprint density at radius 3 is 2.64 bits per heavy atom. The molecule has 5 nitrogen and oxygen atoms in total. The molecule has 0 saturated carbocycles. The fourth-order valence-corrected chi connectivity index (χ4v) is 3.46. The Bertz CT molecular complexity index is 863. The lowest BCUT2D eigenvalue weighted by Crippen LogP contribution is -2.20. The van der Waals surface area contributed by atoms with E-state index >= 15 is 0 Å². The van der Waals surface area contributed by atoms with E-state index in [4.69, 9.17) is 9.47 Å². The first kappa shape index (κ1) is 22.2. The molecule has 28 heavy (non-hydrogen) atoms. The first-order valence-electron chi connectivity index (χ1n) is 9.31. The number of carbonyl (C=O) groups is 1. The van der Waals surface area contributed by atoms with E-state index in [0.717, 1.165) is 26.0 Å². The molecule has 0 aliphatic heterocycles. The molecule has 1 amide bonds. The van der Waals surface area contributed by atoms with Gasteiger partial charge in [-0.3, -0.25) is 4.79 Å². The molecule has 0 aromatic heterocycles. The number of ether oxygens (including phenoxy) is 2. The third kappa shape index (κ3) is 6.51. The van der Waals surface area contributed by atoms with Crippen molar-refractivity contribution in [3.8, 4) is 11.5 Å². The van der Waals surface area contributed by atoms with Gasteiger partial charge in [-0.05, 0) is 86.0 Å². The Hall–Kier alpha value is -2.09. The van der Waals surface area contributed by atoms with Crippen molar-refractivity contribution >= 4 is 34.7 Å². The van der Waals surface area contributed by atoms with Gasteiger partial charge >= 0.3 is 0 Å². The summed E-state index contributed by atoms with van der Waals surface area (Å²) in [6, 6.07) is 9.88. The largest absolute Gasteiger partial charge is 0.490 e. The van der Waals surface area contributed by atoms with Crippen LogP contribution in [0.1, 0.15) is 43.0 Å². The lowest BCUT2D eigenvalue weighted by Gasteiger charge is -2.16. The quantitative estimate of drug-likeness (QED) is 0.326. The molecule has 2 rings (SSSR count). The molecule has 0 bridgehead atoms. The zero-order chi connectivity index (χ0) is 20.7. The van der Waals surface area contributed by atoms with Crippen molar-refractivity contribution in [2.75, 3.05) is 6.61 Å². The number of nitrogens with one attached hydrogen (secondary N) is 1. The van der Waals surface area contributed by atoms with Gasteiger partial charge in [0, 0.05) is 0 Å². The van der Waals surface area contributed by atoms with Crippen molar-refractivity contribution in [2.45, 2.75) is 47.1 Å². The van der Waals surface area contributed by atoms with Crippen molar-refractivity contribution in [2.24, 2.45) is 5.10 Å². The highest BCUT2D eigenvalue weighted by atomic mass is 127. The fraction of sp³-hybridized carbons (Fsp3) is 0.364. The van der Waals surface area contributed by atoms with Gasteiger partial charge in [0.2, 0.25) is 5.91 Å². The van der Waals surface area contributed by atoms with Crippen LogP contribution in [-0.2, 0) is 11.2 Å². The van der Waals surface area contributed by atoms with Crippen LogP contribution in [0, 0.1) is 17.4 Å². The molecule has 0 unspecified atom stereocenters. The maximum atomic E-state index is 12.2. The number of halogens is 1. The summed E-state index contributed by atoms with van der Waals surface area (Å²) in [6.07, 6.45) is 1.97. The van der Waals surface area contributed by atoms with Gasteiger partial charge in [0.1, 0.15) is 0 Å². The minimum Gasteiger partial charge on any atom is -0.490 e. The van der Waals surface area contributed by atoms with Gasteiger partial charge < -0.3 is 9.47 Å². The summed E-state index contributed by atoms with van der Waals surface area (Å²) in [5.74, 6) is 1.25. The molecule has 0 aliphatic rings. The normalized spacial score (nSPS) is 11.1. The highest BCUT2D eigenvalue weighted by molar-refractivity contribution is 14.1. The minimum atomic E-state index is -0.150. The molecule has 1 N–H and O–H groups in total. The number of nitrogens with zero attached hydrogens (tertiary/aromatic N) is 1. The highest BCUT2D eigenvalue weighted by Crippen LogP contribution is 2.34. The maximum absolute atomic E-state index is 12.2. The SMILES string of the molecule is CCOc1cc(/C=N\NC(=O)Cc2ccc(C)cc2C)cc(I)c1OC(C)C. The minimum absolute atomic E-state index is 0.0526. The molecule has 0 radical (unpaired) electrons. The summed E-state index contributed by atoms with van der Waals surface area (Å²) >= 11 is 2.22. The molecular formula is C22H27IN2O3. The van der Waals surface area contributed by atoms with E-state index in [1.165, 1.54) is 5.56 Å². The van der Waals surface area contributed by atoms with Crippen LogP contribution in [0.3, 0.4) is 0 Å².